The van der Waals surface area contributed by atoms with Gasteiger partial charge in [0.25, 0.3) is 0 Å². The summed E-state index contributed by atoms with van der Waals surface area (Å²) >= 11 is 3.26. The largest absolute Gasteiger partial charge is 0.481 e. The molecule has 0 saturated carbocycles. The second-order valence-electron chi connectivity index (χ2n) is 3.06. The topological polar surface area (TPSA) is 57.5 Å². The molecule has 14 heavy (non-hydrogen) atoms. The number of aliphatic hydroxyl groups is 1. The summed E-state index contributed by atoms with van der Waals surface area (Å²) < 4.78 is 0.836. The van der Waals surface area contributed by atoms with Crippen LogP contribution in [0.2, 0.25) is 0 Å². The van der Waals surface area contributed by atoms with Crippen molar-refractivity contribution < 1.29 is 15.0 Å². The normalized spacial score (nSPS) is 12.5. The molecule has 0 radical (unpaired) electrons. The van der Waals surface area contributed by atoms with E-state index in [2.05, 4.69) is 15.9 Å². The van der Waals surface area contributed by atoms with Gasteiger partial charge in [0.15, 0.2) is 0 Å². The van der Waals surface area contributed by atoms with Gasteiger partial charge in [-0.3, -0.25) is 4.79 Å². The van der Waals surface area contributed by atoms with Crippen molar-refractivity contribution in [3.63, 3.8) is 0 Å². The van der Waals surface area contributed by atoms with Gasteiger partial charge in [-0.2, -0.15) is 0 Å². The van der Waals surface area contributed by atoms with Gasteiger partial charge in [0.2, 0.25) is 0 Å². The maximum Gasteiger partial charge on any atom is 0.310 e. The summed E-state index contributed by atoms with van der Waals surface area (Å²) in [7, 11) is 0. The van der Waals surface area contributed by atoms with Crippen LogP contribution in [0.15, 0.2) is 22.7 Å². The minimum Gasteiger partial charge on any atom is -0.481 e. The third kappa shape index (κ3) is 2.33. The molecule has 0 bridgehead atoms. The van der Waals surface area contributed by atoms with Crippen molar-refractivity contribution in [3.8, 4) is 0 Å². The lowest BCUT2D eigenvalue weighted by atomic mass is 9.96. The molecule has 1 aromatic carbocycles. The molecular formula is C10H11BrO3. The molecule has 0 spiro atoms. The zero-order valence-electron chi connectivity index (χ0n) is 7.70. The Hall–Kier alpha value is -0.870. The third-order valence-electron chi connectivity index (χ3n) is 2.11. The van der Waals surface area contributed by atoms with E-state index in [0.717, 1.165) is 4.47 Å². The Labute approximate surface area is 90.5 Å². The molecule has 0 aliphatic carbocycles. The number of hydrogen-bond acceptors (Lipinski definition) is 2. The Kier molecular flexibility index (Phi) is 3.66. The van der Waals surface area contributed by atoms with Crippen molar-refractivity contribution >= 4 is 21.9 Å². The molecule has 76 valence electrons. The SMILES string of the molecule is CC(C(=O)O)c1ccc(Br)cc1CO. The molecule has 1 rings (SSSR count). The number of benzene rings is 1. The Bertz CT molecular complexity index is 349. The lowest BCUT2D eigenvalue weighted by Gasteiger charge is -2.11. The van der Waals surface area contributed by atoms with Crippen LogP contribution in [0.5, 0.6) is 0 Å². The number of aliphatic carboxylic acids is 1. The zero-order chi connectivity index (χ0) is 10.7. The highest BCUT2D eigenvalue weighted by Crippen LogP contribution is 2.23. The minimum atomic E-state index is -0.887. The monoisotopic (exact) mass is 258 g/mol. The summed E-state index contributed by atoms with van der Waals surface area (Å²) in [5.74, 6) is -1.48. The van der Waals surface area contributed by atoms with E-state index in [1.54, 1.807) is 25.1 Å². The van der Waals surface area contributed by atoms with Gasteiger partial charge in [-0.05, 0) is 30.2 Å². The lowest BCUT2D eigenvalue weighted by Crippen LogP contribution is -2.10. The maximum atomic E-state index is 10.8. The number of aliphatic hydroxyl groups excluding tert-OH is 1. The molecular weight excluding hydrogens is 248 g/mol. The summed E-state index contributed by atoms with van der Waals surface area (Å²) in [6.07, 6.45) is 0. The smallest absolute Gasteiger partial charge is 0.310 e. The first-order valence-electron chi connectivity index (χ1n) is 4.18. The number of halogens is 1. The van der Waals surface area contributed by atoms with Crippen LogP contribution >= 0.6 is 15.9 Å². The lowest BCUT2D eigenvalue weighted by molar-refractivity contribution is -0.138. The van der Waals surface area contributed by atoms with Crippen LogP contribution in [-0.4, -0.2) is 16.2 Å². The van der Waals surface area contributed by atoms with Crippen molar-refractivity contribution in [2.75, 3.05) is 0 Å². The predicted octanol–water partition coefficient (Wildman–Crippen LogP) is 2.13. The minimum absolute atomic E-state index is 0.146. The molecule has 2 N–H and O–H groups in total. The molecule has 1 atom stereocenters. The van der Waals surface area contributed by atoms with Crippen LogP contribution in [-0.2, 0) is 11.4 Å². The number of rotatable bonds is 3. The van der Waals surface area contributed by atoms with Gasteiger partial charge in [-0.15, -0.1) is 0 Å². The van der Waals surface area contributed by atoms with E-state index in [4.69, 9.17) is 10.2 Å². The van der Waals surface area contributed by atoms with Crippen molar-refractivity contribution in [1.82, 2.24) is 0 Å². The van der Waals surface area contributed by atoms with Gasteiger partial charge in [-0.1, -0.05) is 22.0 Å². The highest BCUT2D eigenvalue weighted by molar-refractivity contribution is 9.10. The predicted molar refractivity (Wildman–Crippen MR) is 56.1 cm³/mol. The highest BCUT2D eigenvalue weighted by Gasteiger charge is 2.16. The van der Waals surface area contributed by atoms with Gasteiger partial charge in [0, 0.05) is 4.47 Å². The van der Waals surface area contributed by atoms with Crippen LogP contribution < -0.4 is 0 Å². The third-order valence-corrected chi connectivity index (χ3v) is 2.61. The van der Waals surface area contributed by atoms with Crippen molar-refractivity contribution in [2.24, 2.45) is 0 Å². The first kappa shape index (κ1) is 11.2. The van der Waals surface area contributed by atoms with Crippen LogP contribution in [0.25, 0.3) is 0 Å². The average molecular weight is 259 g/mol. The molecule has 0 fully saturated rings. The molecule has 0 aliphatic heterocycles. The van der Waals surface area contributed by atoms with Crippen LogP contribution in [0, 0.1) is 0 Å². The van der Waals surface area contributed by atoms with Crippen LogP contribution in [0.4, 0.5) is 0 Å². The first-order valence-corrected chi connectivity index (χ1v) is 4.97. The summed E-state index contributed by atoms with van der Waals surface area (Å²) in [6.45, 7) is 1.46. The number of carbonyl (C=O) groups is 1. The summed E-state index contributed by atoms with van der Waals surface area (Å²) in [6, 6.07) is 5.22. The second-order valence-corrected chi connectivity index (χ2v) is 3.98. The molecule has 4 heteroatoms. The van der Waals surface area contributed by atoms with Gasteiger partial charge < -0.3 is 10.2 Å². The quantitative estimate of drug-likeness (QED) is 0.874. The standard InChI is InChI=1S/C10H11BrO3/c1-6(10(13)14)9-3-2-8(11)4-7(9)5-12/h2-4,6,12H,5H2,1H3,(H,13,14). The summed E-state index contributed by atoms with van der Waals surface area (Å²) in [5, 5.41) is 17.9. The Morgan fingerprint density at radius 2 is 2.21 bits per heavy atom. The summed E-state index contributed by atoms with van der Waals surface area (Å²) in [4.78, 5) is 10.8. The molecule has 0 heterocycles. The van der Waals surface area contributed by atoms with Crippen molar-refractivity contribution in [2.45, 2.75) is 19.4 Å². The number of hydrogen-bond donors (Lipinski definition) is 2. The molecule has 1 unspecified atom stereocenters. The van der Waals surface area contributed by atoms with E-state index in [9.17, 15) is 4.79 Å². The first-order chi connectivity index (χ1) is 6.56. The second kappa shape index (κ2) is 4.57. The van der Waals surface area contributed by atoms with E-state index in [-0.39, 0.29) is 6.61 Å². The average Bonchev–Trinajstić information content (AvgIpc) is 2.16. The van der Waals surface area contributed by atoms with Gasteiger partial charge in [0.1, 0.15) is 0 Å². The van der Waals surface area contributed by atoms with E-state index < -0.39 is 11.9 Å². The van der Waals surface area contributed by atoms with E-state index >= 15 is 0 Å². The number of carboxylic acid groups (broad SMARTS) is 1. The van der Waals surface area contributed by atoms with Gasteiger partial charge in [0.05, 0.1) is 12.5 Å². The zero-order valence-corrected chi connectivity index (χ0v) is 9.28. The fraction of sp³-hybridized carbons (Fsp3) is 0.300. The Morgan fingerprint density at radius 3 is 2.71 bits per heavy atom. The molecule has 0 aromatic heterocycles. The molecule has 1 aromatic rings. The van der Waals surface area contributed by atoms with Crippen molar-refractivity contribution in [1.29, 1.82) is 0 Å². The Balaban J connectivity index is 3.13. The van der Waals surface area contributed by atoms with E-state index in [0.29, 0.717) is 11.1 Å². The maximum absolute atomic E-state index is 10.8. The fourth-order valence-electron chi connectivity index (χ4n) is 1.27. The van der Waals surface area contributed by atoms with E-state index in [1.165, 1.54) is 0 Å². The molecule has 0 amide bonds. The molecule has 0 saturated heterocycles. The number of carboxylic acids is 1. The van der Waals surface area contributed by atoms with Gasteiger partial charge >= 0.3 is 5.97 Å². The van der Waals surface area contributed by atoms with Crippen LogP contribution in [0.3, 0.4) is 0 Å². The highest BCUT2D eigenvalue weighted by atomic mass is 79.9. The molecule has 3 nitrogen and oxygen atoms in total. The molecule has 0 aliphatic rings. The van der Waals surface area contributed by atoms with E-state index in [1.807, 2.05) is 0 Å². The van der Waals surface area contributed by atoms with Crippen LogP contribution in [0.1, 0.15) is 24.0 Å². The van der Waals surface area contributed by atoms with Gasteiger partial charge in [-0.25, -0.2) is 0 Å². The van der Waals surface area contributed by atoms with Crippen molar-refractivity contribution in [3.05, 3.63) is 33.8 Å². The summed E-state index contributed by atoms with van der Waals surface area (Å²) in [5.41, 5.74) is 1.30. The fourth-order valence-corrected chi connectivity index (χ4v) is 1.68. The Morgan fingerprint density at radius 1 is 1.57 bits per heavy atom.